The van der Waals surface area contributed by atoms with Crippen LogP contribution in [0, 0.1) is 0 Å². The van der Waals surface area contributed by atoms with Gasteiger partial charge in [-0.25, -0.2) is 4.39 Å². The van der Waals surface area contributed by atoms with Gasteiger partial charge < -0.3 is 10.8 Å². The van der Waals surface area contributed by atoms with Crippen molar-refractivity contribution in [2.24, 2.45) is 5.73 Å². The van der Waals surface area contributed by atoms with Crippen LogP contribution in [0.4, 0.5) is 4.39 Å². The van der Waals surface area contributed by atoms with Crippen LogP contribution < -0.4 is 5.73 Å². The van der Waals surface area contributed by atoms with Gasteiger partial charge in [0.2, 0.25) is 0 Å². The minimum absolute atomic E-state index is 0.150. The number of aliphatic carboxylic acids is 1. The Morgan fingerprint density at radius 3 is 2.75 bits per heavy atom. The van der Waals surface area contributed by atoms with Gasteiger partial charge in [0.05, 0.1) is 0 Å². The second kappa shape index (κ2) is 4.93. The molecule has 0 unspecified atom stereocenters. The van der Waals surface area contributed by atoms with Crippen LogP contribution in [0.15, 0.2) is 22.7 Å². The molecule has 0 fully saturated rings. The molecular weight excluding hydrogens is 277 g/mol. The maximum absolute atomic E-state index is 12.5. The first-order chi connectivity index (χ1) is 7.36. The molecule has 5 heteroatoms. The maximum atomic E-state index is 12.5. The normalized spacial score (nSPS) is 14.5. The van der Waals surface area contributed by atoms with Crippen molar-refractivity contribution in [3.63, 3.8) is 0 Å². The molecule has 0 heterocycles. The van der Waals surface area contributed by atoms with Crippen LogP contribution in [-0.2, 0) is 17.9 Å². The molecule has 0 amide bonds. The Bertz CT molecular complexity index is 407. The number of nitrogens with two attached hydrogens (primary N) is 1. The molecule has 0 aliphatic heterocycles. The third kappa shape index (κ3) is 3.02. The summed E-state index contributed by atoms with van der Waals surface area (Å²) in [6.07, 6.45) is 0.150. The van der Waals surface area contributed by atoms with Crippen molar-refractivity contribution in [3.05, 3.63) is 33.8 Å². The summed E-state index contributed by atoms with van der Waals surface area (Å²) >= 11 is 3.29. The van der Waals surface area contributed by atoms with Gasteiger partial charge in [0.1, 0.15) is 12.2 Å². The molecule has 0 bridgehead atoms. The minimum Gasteiger partial charge on any atom is -0.480 e. The Morgan fingerprint density at radius 2 is 2.25 bits per heavy atom. The highest BCUT2D eigenvalue weighted by Gasteiger charge is 2.28. The first-order valence-corrected chi connectivity index (χ1v) is 5.51. The Labute approximate surface area is 102 Å². The number of benzene rings is 1. The predicted octanol–water partition coefficient (Wildman–Crippen LogP) is 2.26. The monoisotopic (exact) mass is 289 g/mol. The van der Waals surface area contributed by atoms with Crippen molar-refractivity contribution in [2.45, 2.75) is 25.6 Å². The van der Waals surface area contributed by atoms with E-state index in [2.05, 4.69) is 15.9 Å². The van der Waals surface area contributed by atoms with Crippen molar-refractivity contribution >= 4 is 21.9 Å². The van der Waals surface area contributed by atoms with E-state index in [4.69, 9.17) is 10.8 Å². The molecule has 0 aliphatic carbocycles. The lowest BCUT2D eigenvalue weighted by Crippen LogP contribution is -2.46. The number of hydrogen-bond donors (Lipinski definition) is 2. The highest BCUT2D eigenvalue weighted by Crippen LogP contribution is 2.22. The van der Waals surface area contributed by atoms with Crippen LogP contribution in [-0.4, -0.2) is 16.6 Å². The highest BCUT2D eigenvalue weighted by molar-refractivity contribution is 9.10. The topological polar surface area (TPSA) is 63.3 Å². The molecule has 0 saturated carbocycles. The lowest BCUT2D eigenvalue weighted by atomic mass is 9.93. The summed E-state index contributed by atoms with van der Waals surface area (Å²) in [5.74, 6) is -1.08. The summed E-state index contributed by atoms with van der Waals surface area (Å²) in [4.78, 5) is 10.9. The first kappa shape index (κ1) is 13.1. The van der Waals surface area contributed by atoms with E-state index in [0.717, 1.165) is 4.47 Å². The fourth-order valence-electron chi connectivity index (χ4n) is 1.32. The smallest absolute Gasteiger partial charge is 0.323 e. The van der Waals surface area contributed by atoms with Gasteiger partial charge in [0, 0.05) is 10.9 Å². The van der Waals surface area contributed by atoms with E-state index in [1.165, 1.54) is 6.92 Å². The second-order valence-electron chi connectivity index (χ2n) is 3.96. The Morgan fingerprint density at radius 1 is 1.62 bits per heavy atom. The van der Waals surface area contributed by atoms with Gasteiger partial charge in [-0.1, -0.05) is 28.1 Å². The molecule has 0 radical (unpaired) electrons. The summed E-state index contributed by atoms with van der Waals surface area (Å²) in [6.45, 7) is 0.860. The van der Waals surface area contributed by atoms with E-state index in [0.29, 0.717) is 11.1 Å². The van der Waals surface area contributed by atoms with Crippen LogP contribution in [0.2, 0.25) is 0 Å². The standard InChI is InChI=1S/C11H13BrFNO2/c1-11(14,10(15)16)5-8-4-7(6-13)2-3-9(8)12/h2-4H,5-6,14H2,1H3,(H,15,16)/t11-/m0/s1. The fraction of sp³-hybridized carbons (Fsp3) is 0.364. The van der Waals surface area contributed by atoms with E-state index >= 15 is 0 Å². The van der Waals surface area contributed by atoms with Gasteiger partial charge in [-0.05, 0) is 24.1 Å². The molecule has 3 N–H and O–H groups in total. The Hall–Kier alpha value is -0.940. The Kier molecular flexibility index (Phi) is 4.04. The lowest BCUT2D eigenvalue weighted by molar-refractivity contribution is -0.142. The molecule has 88 valence electrons. The number of carboxylic acid groups (broad SMARTS) is 1. The van der Waals surface area contributed by atoms with Crippen LogP contribution >= 0.6 is 15.9 Å². The summed E-state index contributed by atoms with van der Waals surface area (Å²) in [5, 5.41) is 8.91. The average molecular weight is 290 g/mol. The molecule has 0 saturated heterocycles. The van der Waals surface area contributed by atoms with Crippen molar-refractivity contribution < 1.29 is 14.3 Å². The molecular formula is C11H13BrFNO2. The SMILES string of the molecule is C[C@](N)(Cc1cc(CF)ccc1Br)C(=O)O. The summed E-state index contributed by atoms with van der Waals surface area (Å²) < 4.78 is 13.2. The van der Waals surface area contributed by atoms with Gasteiger partial charge in [-0.15, -0.1) is 0 Å². The van der Waals surface area contributed by atoms with Crippen LogP contribution in [0.1, 0.15) is 18.1 Å². The molecule has 1 atom stereocenters. The molecule has 0 spiro atoms. The number of alkyl halides is 1. The summed E-state index contributed by atoms with van der Waals surface area (Å²) in [5.41, 5.74) is 5.50. The fourth-order valence-corrected chi connectivity index (χ4v) is 1.70. The minimum atomic E-state index is -1.35. The molecule has 1 aromatic rings. The molecule has 0 aromatic heterocycles. The molecule has 1 aromatic carbocycles. The van der Waals surface area contributed by atoms with Crippen molar-refractivity contribution in [3.8, 4) is 0 Å². The number of carbonyl (C=O) groups is 1. The van der Waals surface area contributed by atoms with E-state index < -0.39 is 18.2 Å². The molecule has 0 aliphatic rings. The van der Waals surface area contributed by atoms with Gasteiger partial charge in [0.15, 0.2) is 0 Å². The Balaban J connectivity index is 3.00. The summed E-state index contributed by atoms with van der Waals surface area (Å²) in [7, 11) is 0. The van der Waals surface area contributed by atoms with E-state index in [1.54, 1.807) is 18.2 Å². The zero-order valence-electron chi connectivity index (χ0n) is 8.84. The number of rotatable bonds is 4. The largest absolute Gasteiger partial charge is 0.480 e. The van der Waals surface area contributed by atoms with E-state index in [-0.39, 0.29) is 6.42 Å². The van der Waals surface area contributed by atoms with Gasteiger partial charge in [0.25, 0.3) is 0 Å². The van der Waals surface area contributed by atoms with E-state index in [9.17, 15) is 9.18 Å². The third-order valence-corrected chi connectivity index (χ3v) is 3.08. The quantitative estimate of drug-likeness (QED) is 0.894. The van der Waals surface area contributed by atoms with Crippen molar-refractivity contribution in [2.75, 3.05) is 0 Å². The second-order valence-corrected chi connectivity index (χ2v) is 4.81. The van der Waals surface area contributed by atoms with Crippen molar-refractivity contribution in [1.29, 1.82) is 0 Å². The van der Waals surface area contributed by atoms with Gasteiger partial charge >= 0.3 is 5.97 Å². The first-order valence-electron chi connectivity index (χ1n) is 4.72. The van der Waals surface area contributed by atoms with Crippen LogP contribution in [0.5, 0.6) is 0 Å². The zero-order valence-corrected chi connectivity index (χ0v) is 10.4. The van der Waals surface area contributed by atoms with Gasteiger partial charge in [-0.3, -0.25) is 4.79 Å². The maximum Gasteiger partial charge on any atom is 0.323 e. The van der Waals surface area contributed by atoms with Crippen LogP contribution in [0.3, 0.4) is 0 Å². The highest BCUT2D eigenvalue weighted by atomic mass is 79.9. The number of halogens is 2. The predicted molar refractivity (Wildman–Crippen MR) is 62.9 cm³/mol. The number of hydrogen-bond acceptors (Lipinski definition) is 2. The average Bonchev–Trinajstić information content (AvgIpc) is 2.21. The number of carboxylic acids is 1. The van der Waals surface area contributed by atoms with Crippen molar-refractivity contribution in [1.82, 2.24) is 0 Å². The zero-order chi connectivity index (χ0) is 12.3. The molecule has 1 rings (SSSR count). The van der Waals surface area contributed by atoms with Crippen LogP contribution in [0.25, 0.3) is 0 Å². The molecule has 3 nitrogen and oxygen atoms in total. The lowest BCUT2D eigenvalue weighted by Gasteiger charge is -2.20. The van der Waals surface area contributed by atoms with E-state index in [1.807, 2.05) is 0 Å². The summed E-state index contributed by atoms with van der Waals surface area (Å²) in [6, 6.07) is 4.96. The third-order valence-electron chi connectivity index (χ3n) is 2.31. The van der Waals surface area contributed by atoms with Gasteiger partial charge in [-0.2, -0.15) is 0 Å². The molecule has 16 heavy (non-hydrogen) atoms.